The molecule has 0 aliphatic carbocycles. The fraction of sp³-hybridized carbons (Fsp3) is 0.333. The van der Waals surface area contributed by atoms with Crippen LogP contribution >= 0.6 is 35.3 Å². The Bertz CT molecular complexity index is 299. The van der Waals surface area contributed by atoms with E-state index in [0.717, 1.165) is 14.7 Å². The van der Waals surface area contributed by atoms with E-state index in [1.54, 1.807) is 35.3 Å². The molecular weight excluding hydrogens is 220 g/mol. The predicted octanol–water partition coefficient (Wildman–Crippen LogP) is 3.56. The zero-order valence-corrected chi connectivity index (χ0v) is 10.3. The van der Waals surface area contributed by atoms with Gasteiger partial charge in [0.05, 0.1) is 4.90 Å². The largest absolute Gasteiger partial charge is 0.507 e. The van der Waals surface area contributed by atoms with Crippen LogP contribution in [0.1, 0.15) is 0 Å². The van der Waals surface area contributed by atoms with Gasteiger partial charge < -0.3 is 5.11 Å². The van der Waals surface area contributed by atoms with Crippen molar-refractivity contribution in [1.82, 2.24) is 0 Å². The normalized spacial score (nSPS) is 10.4. The molecule has 13 heavy (non-hydrogen) atoms. The Morgan fingerprint density at radius 2 is 1.69 bits per heavy atom. The second kappa shape index (κ2) is 5.08. The molecule has 1 rings (SSSR count). The van der Waals surface area contributed by atoms with Crippen molar-refractivity contribution in [2.24, 2.45) is 0 Å². The molecule has 0 aromatic heterocycles. The molecule has 1 N–H and O–H groups in total. The second-order valence-corrected chi connectivity index (χ2v) is 4.93. The van der Waals surface area contributed by atoms with Crippen molar-refractivity contribution in [2.75, 3.05) is 18.8 Å². The molecule has 4 heteroatoms. The molecule has 0 aliphatic rings. The summed E-state index contributed by atoms with van der Waals surface area (Å²) in [4.78, 5) is 3.24. The molecule has 1 nitrogen and oxygen atoms in total. The zero-order valence-electron chi connectivity index (χ0n) is 7.83. The number of hydrogen-bond acceptors (Lipinski definition) is 4. The van der Waals surface area contributed by atoms with Gasteiger partial charge in [-0.3, -0.25) is 0 Å². The average Bonchev–Trinajstić information content (AvgIpc) is 2.16. The van der Waals surface area contributed by atoms with Crippen molar-refractivity contribution >= 4 is 35.3 Å². The maximum atomic E-state index is 9.69. The first-order chi connectivity index (χ1) is 6.22. The van der Waals surface area contributed by atoms with Crippen LogP contribution in [0.15, 0.2) is 26.8 Å². The van der Waals surface area contributed by atoms with Crippen LogP contribution in [0.4, 0.5) is 0 Å². The molecule has 1 aromatic rings. The zero-order chi connectivity index (χ0) is 9.84. The minimum atomic E-state index is 0.392. The van der Waals surface area contributed by atoms with Gasteiger partial charge in [-0.05, 0) is 30.9 Å². The van der Waals surface area contributed by atoms with Gasteiger partial charge in [-0.1, -0.05) is 0 Å². The summed E-state index contributed by atoms with van der Waals surface area (Å²) in [5, 5.41) is 9.69. The molecular formula is C9H12OS3. The molecule has 0 radical (unpaired) electrons. The molecule has 0 spiro atoms. The summed E-state index contributed by atoms with van der Waals surface area (Å²) in [5.41, 5.74) is 0. The first kappa shape index (κ1) is 11.1. The van der Waals surface area contributed by atoms with Gasteiger partial charge in [0.1, 0.15) is 5.75 Å². The average molecular weight is 232 g/mol. The fourth-order valence-corrected chi connectivity index (χ4v) is 3.14. The van der Waals surface area contributed by atoms with Crippen LogP contribution in [0, 0.1) is 0 Å². The van der Waals surface area contributed by atoms with Gasteiger partial charge in [0.15, 0.2) is 0 Å². The van der Waals surface area contributed by atoms with E-state index in [1.165, 1.54) is 0 Å². The standard InChI is InChI=1S/C9H12OS3/c1-11-6-4-7(10)9(13-3)8(5-6)12-2/h4-5,10H,1-3H3. The van der Waals surface area contributed by atoms with E-state index in [2.05, 4.69) is 6.07 Å². The summed E-state index contributed by atoms with van der Waals surface area (Å²) in [5.74, 6) is 0.392. The van der Waals surface area contributed by atoms with Crippen LogP contribution in [0.5, 0.6) is 5.75 Å². The van der Waals surface area contributed by atoms with Crippen molar-refractivity contribution in [3.05, 3.63) is 12.1 Å². The third-order valence-electron chi connectivity index (χ3n) is 1.67. The highest BCUT2D eigenvalue weighted by Crippen LogP contribution is 2.38. The molecule has 1 aromatic carbocycles. The molecule has 0 heterocycles. The lowest BCUT2D eigenvalue weighted by Gasteiger charge is -2.08. The Hall–Kier alpha value is 0.0700. The molecule has 0 saturated carbocycles. The van der Waals surface area contributed by atoms with Crippen LogP contribution in [0.2, 0.25) is 0 Å². The quantitative estimate of drug-likeness (QED) is 0.804. The van der Waals surface area contributed by atoms with Crippen molar-refractivity contribution in [3.63, 3.8) is 0 Å². The number of thioether (sulfide) groups is 3. The number of benzene rings is 1. The van der Waals surface area contributed by atoms with E-state index in [0.29, 0.717) is 5.75 Å². The lowest BCUT2D eigenvalue weighted by molar-refractivity contribution is 0.457. The summed E-state index contributed by atoms with van der Waals surface area (Å²) in [6, 6.07) is 3.93. The fourth-order valence-electron chi connectivity index (χ4n) is 1.04. The smallest absolute Gasteiger partial charge is 0.131 e. The van der Waals surface area contributed by atoms with Gasteiger partial charge in [0, 0.05) is 9.79 Å². The van der Waals surface area contributed by atoms with Crippen LogP contribution < -0.4 is 0 Å². The van der Waals surface area contributed by atoms with Gasteiger partial charge in [0.2, 0.25) is 0 Å². The molecule has 0 atom stereocenters. The number of phenols is 1. The van der Waals surface area contributed by atoms with E-state index >= 15 is 0 Å². The molecule has 0 amide bonds. The number of phenolic OH excluding ortho intramolecular Hbond substituents is 1. The van der Waals surface area contributed by atoms with Gasteiger partial charge in [-0.25, -0.2) is 0 Å². The Kier molecular flexibility index (Phi) is 4.35. The van der Waals surface area contributed by atoms with Crippen LogP contribution in [0.25, 0.3) is 0 Å². The lowest BCUT2D eigenvalue weighted by Crippen LogP contribution is -1.80. The predicted molar refractivity (Wildman–Crippen MR) is 63.4 cm³/mol. The van der Waals surface area contributed by atoms with Crippen molar-refractivity contribution in [3.8, 4) is 5.75 Å². The molecule has 0 saturated heterocycles. The molecule has 0 aliphatic heterocycles. The van der Waals surface area contributed by atoms with E-state index in [-0.39, 0.29) is 0 Å². The Morgan fingerprint density at radius 3 is 2.15 bits per heavy atom. The third kappa shape index (κ3) is 2.51. The number of rotatable bonds is 3. The SMILES string of the molecule is CSc1cc(O)c(SC)c(SC)c1. The second-order valence-electron chi connectivity index (χ2n) is 2.38. The Morgan fingerprint density at radius 1 is 1.00 bits per heavy atom. The summed E-state index contributed by atoms with van der Waals surface area (Å²) >= 11 is 4.90. The van der Waals surface area contributed by atoms with Crippen molar-refractivity contribution in [2.45, 2.75) is 14.7 Å². The summed E-state index contributed by atoms with van der Waals surface area (Å²) in [6.07, 6.45) is 6.02. The molecule has 72 valence electrons. The highest BCUT2D eigenvalue weighted by atomic mass is 32.2. The minimum absolute atomic E-state index is 0.392. The monoisotopic (exact) mass is 232 g/mol. The topological polar surface area (TPSA) is 20.2 Å². The van der Waals surface area contributed by atoms with Gasteiger partial charge in [-0.15, -0.1) is 35.3 Å². The Balaban J connectivity index is 3.20. The highest BCUT2D eigenvalue weighted by molar-refractivity contribution is 8.01. The van der Waals surface area contributed by atoms with Crippen LogP contribution in [-0.4, -0.2) is 23.9 Å². The molecule has 0 fully saturated rings. The maximum Gasteiger partial charge on any atom is 0.131 e. The molecule has 0 bridgehead atoms. The van der Waals surface area contributed by atoms with E-state index < -0.39 is 0 Å². The first-order valence-electron chi connectivity index (χ1n) is 3.72. The van der Waals surface area contributed by atoms with Crippen LogP contribution in [0.3, 0.4) is 0 Å². The van der Waals surface area contributed by atoms with Crippen molar-refractivity contribution in [1.29, 1.82) is 0 Å². The van der Waals surface area contributed by atoms with Crippen LogP contribution in [-0.2, 0) is 0 Å². The number of hydrogen-bond donors (Lipinski definition) is 1. The first-order valence-corrected chi connectivity index (χ1v) is 7.39. The van der Waals surface area contributed by atoms with E-state index in [4.69, 9.17) is 0 Å². The highest BCUT2D eigenvalue weighted by Gasteiger charge is 2.08. The summed E-state index contributed by atoms with van der Waals surface area (Å²) < 4.78 is 0. The van der Waals surface area contributed by atoms with E-state index in [9.17, 15) is 5.11 Å². The summed E-state index contributed by atoms with van der Waals surface area (Å²) in [7, 11) is 0. The molecule has 0 unspecified atom stereocenters. The summed E-state index contributed by atoms with van der Waals surface area (Å²) in [6.45, 7) is 0. The minimum Gasteiger partial charge on any atom is -0.507 e. The van der Waals surface area contributed by atoms with Gasteiger partial charge >= 0.3 is 0 Å². The third-order valence-corrected chi connectivity index (χ3v) is 4.10. The Labute approximate surface area is 91.7 Å². The van der Waals surface area contributed by atoms with Gasteiger partial charge in [-0.2, -0.15) is 0 Å². The van der Waals surface area contributed by atoms with Gasteiger partial charge in [0.25, 0.3) is 0 Å². The number of aromatic hydroxyl groups is 1. The maximum absolute atomic E-state index is 9.69. The van der Waals surface area contributed by atoms with E-state index in [1.807, 2.05) is 24.8 Å². The van der Waals surface area contributed by atoms with Crippen molar-refractivity contribution < 1.29 is 5.11 Å². The lowest BCUT2D eigenvalue weighted by atomic mass is 10.3.